The fourth-order valence-electron chi connectivity index (χ4n) is 3.36. The number of halogens is 1. The highest BCUT2D eigenvalue weighted by molar-refractivity contribution is 6.31. The van der Waals surface area contributed by atoms with Crippen LogP contribution in [0.5, 0.6) is 0 Å². The lowest BCUT2D eigenvalue weighted by atomic mass is 10.00. The number of aromatic carboxylic acids is 1. The fraction of sp³-hybridized carbons (Fsp3) is 0.350. The van der Waals surface area contributed by atoms with Crippen LogP contribution in [0.4, 0.5) is 11.5 Å². The van der Waals surface area contributed by atoms with E-state index in [4.69, 9.17) is 16.7 Å². The van der Waals surface area contributed by atoms with E-state index in [2.05, 4.69) is 22.1 Å². The van der Waals surface area contributed by atoms with Crippen LogP contribution in [-0.4, -0.2) is 34.6 Å². The molecule has 1 atom stereocenters. The molecule has 0 bridgehead atoms. The molecule has 0 spiro atoms. The topological polar surface area (TPSA) is 82.5 Å². The lowest BCUT2D eigenvalue weighted by Gasteiger charge is -2.36. The van der Waals surface area contributed by atoms with E-state index in [1.54, 1.807) is 18.2 Å². The van der Waals surface area contributed by atoms with Crippen LogP contribution in [0.1, 0.15) is 53.5 Å². The summed E-state index contributed by atoms with van der Waals surface area (Å²) in [5, 5.41) is 12.1. The first-order valence-corrected chi connectivity index (χ1v) is 9.44. The first-order chi connectivity index (χ1) is 13.0. The quantitative estimate of drug-likeness (QED) is 0.791. The second kappa shape index (κ2) is 8.39. The first-order valence-electron chi connectivity index (χ1n) is 9.07. The summed E-state index contributed by atoms with van der Waals surface area (Å²) in [5.41, 5.74) is 0.893. The van der Waals surface area contributed by atoms with E-state index < -0.39 is 5.97 Å². The highest BCUT2D eigenvalue weighted by Gasteiger charge is 2.23. The predicted molar refractivity (Wildman–Crippen MR) is 106 cm³/mol. The van der Waals surface area contributed by atoms with Gasteiger partial charge in [-0.3, -0.25) is 4.79 Å². The van der Waals surface area contributed by atoms with Crippen LogP contribution in [0, 0.1) is 0 Å². The largest absolute Gasteiger partial charge is 0.478 e. The average Bonchev–Trinajstić information content (AvgIpc) is 2.67. The number of amides is 1. The minimum absolute atomic E-state index is 0.159. The van der Waals surface area contributed by atoms with Gasteiger partial charge in [-0.25, -0.2) is 9.78 Å². The van der Waals surface area contributed by atoms with Crippen molar-refractivity contribution in [3.05, 3.63) is 52.7 Å². The van der Waals surface area contributed by atoms with Gasteiger partial charge in [0.05, 0.1) is 5.56 Å². The summed E-state index contributed by atoms with van der Waals surface area (Å²) in [6.07, 6.45) is 4.44. The number of anilines is 2. The number of carboxylic acids is 1. The van der Waals surface area contributed by atoms with Gasteiger partial charge in [-0.2, -0.15) is 0 Å². The number of hydrogen-bond acceptors (Lipinski definition) is 4. The molecule has 6 nitrogen and oxygen atoms in total. The number of nitrogens with zero attached hydrogens (tertiary/aromatic N) is 2. The molecule has 2 N–H and O–H groups in total. The highest BCUT2D eigenvalue weighted by atomic mass is 35.5. The number of carboxylic acid groups (broad SMARTS) is 1. The maximum absolute atomic E-state index is 12.6. The molecule has 1 aromatic carbocycles. The van der Waals surface area contributed by atoms with Gasteiger partial charge in [0.2, 0.25) is 0 Å². The van der Waals surface area contributed by atoms with Crippen LogP contribution in [0.2, 0.25) is 5.02 Å². The van der Waals surface area contributed by atoms with Crippen molar-refractivity contribution < 1.29 is 14.7 Å². The van der Waals surface area contributed by atoms with Crippen molar-refractivity contribution >= 4 is 35.0 Å². The van der Waals surface area contributed by atoms with E-state index in [0.29, 0.717) is 16.8 Å². The number of nitrogens with one attached hydrogen (secondary N) is 1. The number of hydrogen-bond donors (Lipinski definition) is 2. The highest BCUT2D eigenvalue weighted by Crippen LogP contribution is 2.27. The number of rotatable bonds is 5. The number of benzene rings is 1. The monoisotopic (exact) mass is 387 g/mol. The third kappa shape index (κ3) is 4.57. The van der Waals surface area contributed by atoms with E-state index in [1.807, 2.05) is 0 Å². The third-order valence-electron chi connectivity index (χ3n) is 4.79. The molecule has 0 aliphatic carbocycles. The fourth-order valence-corrected chi connectivity index (χ4v) is 3.57. The van der Waals surface area contributed by atoms with Gasteiger partial charge < -0.3 is 15.3 Å². The molecule has 1 aromatic heterocycles. The molecular formula is C20H22ClN3O3. The molecule has 2 heterocycles. The van der Waals surface area contributed by atoms with Crippen molar-refractivity contribution in [3.8, 4) is 0 Å². The zero-order valence-electron chi connectivity index (χ0n) is 15.1. The second-order valence-corrected chi connectivity index (χ2v) is 7.05. The van der Waals surface area contributed by atoms with Gasteiger partial charge in [-0.1, -0.05) is 18.5 Å². The smallest absolute Gasteiger partial charge is 0.335 e. The molecule has 2 aromatic rings. The van der Waals surface area contributed by atoms with Crippen LogP contribution in [-0.2, 0) is 0 Å². The first kappa shape index (κ1) is 19.2. The van der Waals surface area contributed by atoms with Crippen LogP contribution < -0.4 is 10.2 Å². The zero-order chi connectivity index (χ0) is 19.4. The molecule has 0 radical (unpaired) electrons. The Hall–Kier alpha value is -2.60. The number of piperidine rings is 1. The summed E-state index contributed by atoms with van der Waals surface area (Å²) in [6, 6.07) is 9.71. The van der Waals surface area contributed by atoms with Crippen molar-refractivity contribution in [2.24, 2.45) is 0 Å². The van der Waals surface area contributed by atoms with Gasteiger partial charge >= 0.3 is 5.97 Å². The molecule has 1 saturated heterocycles. The van der Waals surface area contributed by atoms with Gasteiger partial charge in [0.1, 0.15) is 11.5 Å². The van der Waals surface area contributed by atoms with E-state index in [-0.39, 0.29) is 17.2 Å². The van der Waals surface area contributed by atoms with Crippen LogP contribution in [0.3, 0.4) is 0 Å². The summed E-state index contributed by atoms with van der Waals surface area (Å²) in [4.78, 5) is 30.3. The van der Waals surface area contributed by atoms with Crippen LogP contribution in [0.15, 0.2) is 36.4 Å². The predicted octanol–water partition coefficient (Wildman–Crippen LogP) is 4.45. The van der Waals surface area contributed by atoms with E-state index in [9.17, 15) is 9.59 Å². The minimum atomic E-state index is -1.01. The van der Waals surface area contributed by atoms with Crippen molar-refractivity contribution in [1.29, 1.82) is 0 Å². The van der Waals surface area contributed by atoms with Crippen LogP contribution >= 0.6 is 11.6 Å². The Morgan fingerprint density at radius 2 is 2.00 bits per heavy atom. The molecule has 7 heteroatoms. The molecule has 1 aliphatic heterocycles. The molecule has 1 fully saturated rings. The number of pyridine rings is 1. The van der Waals surface area contributed by atoms with Gasteiger partial charge in [-0.05, 0) is 62.1 Å². The van der Waals surface area contributed by atoms with Crippen molar-refractivity contribution in [3.63, 3.8) is 0 Å². The second-order valence-electron chi connectivity index (χ2n) is 6.62. The van der Waals surface area contributed by atoms with E-state index in [1.165, 1.54) is 24.6 Å². The van der Waals surface area contributed by atoms with E-state index >= 15 is 0 Å². The molecule has 27 heavy (non-hydrogen) atoms. The standard InChI is InChI=1S/C20H22ClN3O3/c1-2-16-5-3-4-10-24(16)18-12-14(21)11-17(23-18)19(25)22-15-8-6-13(7-9-15)20(26)27/h6-9,11-12,16H,2-5,10H2,1H3,(H,22,25)(H,26,27)/t16-/m1/s1. The molecule has 0 saturated carbocycles. The van der Waals surface area contributed by atoms with Gasteiger partial charge in [0.25, 0.3) is 5.91 Å². The summed E-state index contributed by atoms with van der Waals surface area (Å²) in [6.45, 7) is 3.06. The minimum Gasteiger partial charge on any atom is -0.478 e. The zero-order valence-corrected chi connectivity index (χ0v) is 15.9. The average molecular weight is 388 g/mol. The van der Waals surface area contributed by atoms with Gasteiger partial charge in [0.15, 0.2) is 0 Å². The summed E-state index contributed by atoms with van der Waals surface area (Å²) >= 11 is 6.25. The summed E-state index contributed by atoms with van der Waals surface area (Å²) in [5.74, 6) is -0.673. The Labute approximate surface area is 163 Å². The summed E-state index contributed by atoms with van der Waals surface area (Å²) in [7, 11) is 0. The molecule has 1 amide bonds. The SMILES string of the molecule is CC[C@@H]1CCCCN1c1cc(Cl)cc(C(=O)Nc2ccc(C(=O)O)cc2)n1. The van der Waals surface area contributed by atoms with Crippen molar-refractivity contribution in [1.82, 2.24) is 4.98 Å². The number of aromatic nitrogens is 1. The molecular weight excluding hydrogens is 366 g/mol. The summed E-state index contributed by atoms with van der Waals surface area (Å²) < 4.78 is 0. The Morgan fingerprint density at radius 3 is 2.67 bits per heavy atom. The Balaban J connectivity index is 1.80. The Morgan fingerprint density at radius 1 is 1.26 bits per heavy atom. The normalized spacial score (nSPS) is 16.8. The third-order valence-corrected chi connectivity index (χ3v) is 5.01. The molecule has 0 unspecified atom stereocenters. The maximum atomic E-state index is 12.6. The molecule has 3 rings (SSSR count). The van der Waals surface area contributed by atoms with Crippen molar-refractivity contribution in [2.45, 2.75) is 38.6 Å². The van der Waals surface area contributed by atoms with Gasteiger partial charge in [-0.15, -0.1) is 0 Å². The van der Waals surface area contributed by atoms with Crippen LogP contribution in [0.25, 0.3) is 0 Å². The molecule has 142 valence electrons. The van der Waals surface area contributed by atoms with Gasteiger partial charge in [0, 0.05) is 23.3 Å². The Bertz CT molecular complexity index is 839. The van der Waals surface area contributed by atoms with E-state index in [0.717, 1.165) is 31.6 Å². The lowest BCUT2D eigenvalue weighted by Crippen LogP contribution is -2.39. The molecule has 1 aliphatic rings. The van der Waals surface area contributed by atoms with Crippen molar-refractivity contribution in [2.75, 3.05) is 16.8 Å². The Kier molecular flexibility index (Phi) is 5.96. The maximum Gasteiger partial charge on any atom is 0.335 e. The number of carbonyl (C=O) groups is 2. The lowest BCUT2D eigenvalue weighted by molar-refractivity contribution is 0.0696. The number of carbonyl (C=O) groups excluding carboxylic acids is 1.